The Kier molecular flexibility index (Phi) is 3.71. The molecule has 0 fully saturated rings. The molecule has 1 aliphatic rings. The molecule has 1 rings (SSSR count). The van der Waals surface area contributed by atoms with E-state index in [9.17, 15) is 4.79 Å². The predicted octanol–water partition coefficient (Wildman–Crippen LogP) is 1.08. The van der Waals surface area contributed by atoms with Crippen molar-refractivity contribution in [2.75, 3.05) is 6.54 Å². The summed E-state index contributed by atoms with van der Waals surface area (Å²) in [5, 5.41) is 2.82. The van der Waals surface area contributed by atoms with Gasteiger partial charge in [-0.15, -0.1) is 0 Å². The maximum atomic E-state index is 11.3. The number of carbonyl (C=O) groups is 1. The molecule has 3 N–H and O–H groups in total. The van der Waals surface area contributed by atoms with Crippen molar-refractivity contribution in [1.82, 2.24) is 5.32 Å². The van der Waals surface area contributed by atoms with Gasteiger partial charge >= 0.3 is 0 Å². The van der Waals surface area contributed by atoms with Crippen molar-refractivity contribution in [1.29, 1.82) is 0 Å². The lowest BCUT2D eigenvalue weighted by Gasteiger charge is -2.10. The molecule has 0 aromatic rings. The van der Waals surface area contributed by atoms with Crippen molar-refractivity contribution >= 4 is 5.91 Å². The van der Waals surface area contributed by atoms with Crippen LogP contribution in [0.5, 0.6) is 0 Å². The Hall–Kier alpha value is -1.09. The fourth-order valence-corrected chi connectivity index (χ4v) is 1.34. The molecule has 3 heteroatoms. The zero-order valence-electron chi connectivity index (χ0n) is 7.97. The Bertz CT molecular complexity index is 254. The van der Waals surface area contributed by atoms with Gasteiger partial charge < -0.3 is 11.1 Å². The summed E-state index contributed by atoms with van der Waals surface area (Å²) in [6.07, 6.45) is 6.41. The third-order valence-corrected chi connectivity index (χ3v) is 2.00. The maximum absolute atomic E-state index is 11.3. The number of hydrogen-bond acceptors (Lipinski definition) is 2. The van der Waals surface area contributed by atoms with Gasteiger partial charge in [0, 0.05) is 11.8 Å². The van der Waals surface area contributed by atoms with E-state index in [1.54, 1.807) is 6.08 Å². The lowest BCUT2D eigenvalue weighted by atomic mass is 10.1. The highest BCUT2D eigenvalue weighted by Gasteiger charge is 2.04. The number of rotatable bonds is 2. The van der Waals surface area contributed by atoms with Gasteiger partial charge in [0.25, 0.3) is 0 Å². The number of carbonyl (C=O) groups excluding carboxylic acids is 1. The van der Waals surface area contributed by atoms with Crippen LogP contribution in [0, 0.1) is 0 Å². The summed E-state index contributed by atoms with van der Waals surface area (Å²) in [5.41, 5.74) is 7.50. The highest BCUT2D eigenvalue weighted by Crippen LogP contribution is 2.10. The van der Waals surface area contributed by atoms with Gasteiger partial charge in [-0.2, -0.15) is 0 Å². The second kappa shape index (κ2) is 4.82. The van der Waals surface area contributed by atoms with E-state index in [2.05, 4.69) is 11.4 Å². The van der Waals surface area contributed by atoms with Crippen LogP contribution >= 0.6 is 0 Å². The Morgan fingerprint density at radius 1 is 1.62 bits per heavy atom. The molecule has 0 aromatic heterocycles. The van der Waals surface area contributed by atoms with Crippen LogP contribution in [0.4, 0.5) is 0 Å². The van der Waals surface area contributed by atoms with Crippen molar-refractivity contribution in [3.05, 3.63) is 23.4 Å². The average Bonchev–Trinajstić information content (AvgIpc) is 2.01. The molecule has 1 aliphatic heterocycles. The van der Waals surface area contributed by atoms with Crippen LogP contribution in [-0.2, 0) is 4.79 Å². The average molecular weight is 180 g/mol. The summed E-state index contributed by atoms with van der Waals surface area (Å²) in [7, 11) is 0. The minimum absolute atomic E-state index is 0.0306. The van der Waals surface area contributed by atoms with Gasteiger partial charge in [0.15, 0.2) is 0 Å². The van der Waals surface area contributed by atoms with Crippen LogP contribution in [0.1, 0.15) is 26.2 Å². The van der Waals surface area contributed by atoms with Gasteiger partial charge in [-0.05, 0) is 32.7 Å². The summed E-state index contributed by atoms with van der Waals surface area (Å²) in [4.78, 5) is 11.3. The molecule has 0 atom stereocenters. The second-order valence-corrected chi connectivity index (χ2v) is 3.29. The first kappa shape index (κ1) is 9.99. The quantitative estimate of drug-likeness (QED) is 0.668. The van der Waals surface area contributed by atoms with E-state index in [-0.39, 0.29) is 5.91 Å². The SMILES string of the molecule is CC1=CC(=O)NC(CCN)=CCC1. The Labute approximate surface area is 78.7 Å². The summed E-state index contributed by atoms with van der Waals surface area (Å²) < 4.78 is 0. The molecular weight excluding hydrogens is 164 g/mol. The van der Waals surface area contributed by atoms with E-state index >= 15 is 0 Å². The molecule has 0 spiro atoms. The van der Waals surface area contributed by atoms with Crippen LogP contribution in [-0.4, -0.2) is 12.5 Å². The number of hydrogen-bond donors (Lipinski definition) is 2. The van der Waals surface area contributed by atoms with E-state index in [0.29, 0.717) is 6.54 Å². The van der Waals surface area contributed by atoms with Gasteiger partial charge in [0.2, 0.25) is 5.91 Å². The van der Waals surface area contributed by atoms with E-state index in [4.69, 9.17) is 5.73 Å². The Morgan fingerprint density at radius 2 is 2.38 bits per heavy atom. The monoisotopic (exact) mass is 180 g/mol. The highest BCUT2D eigenvalue weighted by atomic mass is 16.1. The summed E-state index contributed by atoms with van der Waals surface area (Å²) in [5.74, 6) is -0.0306. The number of nitrogens with one attached hydrogen (secondary N) is 1. The van der Waals surface area contributed by atoms with Gasteiger partial charge in [0.1, 0.15) is 0 Å². The van der Waals surface area contributed by atoms with Crippen LogP contribution < -0.4 is 11.1 Å². The third kappa shape index (κ3) is 3.42. The first-order valence-corrected chi connectivity index (χ1v) is 4.59. The first-order valence-electron chi connectivity index (χ1n) is 4.59. The van der Waals surface area contributed by atoms with Crippen LogP contribution in [0.3, 0.4) is 0 Å². The molecule has 0 aliphatic carbocycles. The largest absolute Gasteiger partial charge is 0.330 e. The fourth-order valence-electron chi connectivity index (χ4n) is 1.34. The Morgan fingerprint density at radius 3 is 3.08 bits per heavy atom. The number of allylic oxidation sites excluding steroid dienone is 2. The molecule has 0 saturated heterocycles. The second-order valence-electron chi connectivity index (χ2n) is 3.29. The third-order valence-electron chi connectivity index (χ3n) is 2.00. The zero-order chi connectivity index (χ0) is 9.68. The van der Waals surface area contributed by atoms with Crippen molar-refractivity contribution < 1.29 is 4.79 Å². The molecule has 3 nitrogen and oxygen atoms in total. The van der Waals surface area contributed by atoms with Crippen LogP contribution in [0.2, 0.25) is 0 Å². The van der Waals surface area contributed by atoms with Crippen molar-refractivity contribution in [3.63, 3.8) is 0 Å². The molecular formula is C10H16N2O. The number of amides is 1. The van der Waals surface area contributed by atoms with Crippen LogP contribution in [0.25, 0.3) is 0 Å². The molecule has 1 amide bonds. The van der Waals surface area contributed by atoms with Gasteiger partial charge in [0.05, 0.1) is 0 Å². The van der Waals surface area contributed by atoms with E-state index in [0.717, 1.165) is 30.5 Å². The summed E-state index contributed by atoms with van der Waals surface area (Å²) in [6.45, 7) is 2.55. The number of nitrogens with two attached hydrogens (primary N) is 1. The van der Waals surface area contributed by atoms with E-state index in [1.807, 2.05) is 6.92 Å². The minimum Gasteiger partial charge on any atom is -0.330 e. The van der Waals surface area contributed by atoms with Gasteiger partial charge in [-0.25, -0.2) is 0 Å². The highest BCUT2D eigenvalue weighted by molar-refractivity contribution is 5.89. The molecule has 0 radical (unpaired) electrons. The summed E-state index contributed by atoms with van der Waals surface area (Å²) >= 11 is 0. The van der Waals surface area contributed by atoms with E-state index < -0.39 is 0 Å². The predicted molar refractivity (Wildman–Crippen MR) is 52.9 cm³/mol. The van der Waals surface area contributed by atoms with E-state index in [1.165, 1.54) is 0 Å². The maximum Gasteiger partial charge on any atom is 0.248 e. The van der Waals surface area contributed by atoms with Crippen molar-refractivity contribution in [2.45, 2.75) is 26.2 Å². The molecule has 0 saturated carbocycles. The zero-order valence-corrected chi connectivity index (χ0v) is 7.97. The molecule has 0 unspecified atom stereocenters. The lowest BCUT2D eigenvalue weighted by Crippen LogP contribution is -2.23. The molecule has 0 aromatic carbocycles. The van der Waals surface area contributed by atoms with Crippen molar-refractivity contribution in [3.8, 4) is 0 Å². The smallest absolute Gasteiger partial charge is 0.248 e. The van der Waals surface area contributed by atoms with Crippen molar-refractivity contribution in [2.24, 2.45) is 5.73 Å². The normalized spacial score (nSPS) is 18.2. The minimum atomic E-state index is -0.0306. The molecule has 1 heterocycles. The molecule has 0 bridgehead atoms. The summed E-state index contributed by atoms with van der Waals surface area (Å²) in [6, 6.07) is 0. The Balaban J connectivity index is 2.62. The molecule has 13 heavy (non-hydrogen) atoms. The lowest BCUT2D eigenvalue weighted by molar-refractivity contribution is -0.115. The fraction of sp³-hybridized carbons (Fsp3) is 0.500. The molecule has 72 valence electrons. The van der Waals surface area contributed by atoms with Crippen LogP contribution in [0.15, 0.2) is 23.4 Å². The topological polar surface area (TPSA) is 55.1 Å². The standard InChI is InChI=1S/C10H16N2O/c1-8-3-2-4-9(5-6-11)12-10(13)7-8/h4,7H,2-3,5-6,11H2,1H3,(H,12,13). The first-order chi connectivity index (χ1) is 6.22. The van der Waals surface area contributed by atoms with Gasteiger partial charge in [-0.1, -0.05) is 11.6 Å². The van der Waals surface area contributed by atoms with Gasteiger partial charge in [-0.3, -0.25) is 4.79 Å².